The summed E-state index contributed by atoms with van der Waals surface area (Å²) in [5.74, 6) is 0. The Labute approximate surface area is 267 Å². The molecule has 0 fully saturated rings. The fraction of sp³-hybridized carbons (Fsp3) is 1.00. The van der Waals surface area contributed by atoms with Crippen molar-refractivity contribution in [1.29, 1.82) is 0 Å². The quantitative estimate of drug-likeness (QED) is 0.0439. The van der Waals surface area contributed by atoms with Crippen molar-refractivity contribution in [2.24, 2.45) is 0 Å². The molecule has 0 N–H and O–H groups in total. The van der Waals surface area contributed by atoms with Crippen LogP contribution >= 0.6 is 0 Å². The molecule has 0 heterocycles. The normalized spacial score (nSPS) is 12.0. The summed E-state index contributed by atoms with van der Waals surface area (Å²) >= 11 is 0. The summed E-state index contributed by atoms with van der Waals surface area (Å²) in [6.07, 6.45) is 41.4. The summed E-state index contributed by atoms with van der Waals surface area (Å²) in [5.41, 5.74) is 0. The molecule has 0 aromatic carbocycles. The van der Waals surface area contributed by atoms with E-state index in [0.717, 1.165) is 25.9 Å². The van der Waals surface area contributed by atoms with E-state index in [1.54, 1.807) is 28.2 Å². The number of nitrogens with zero attached hydrogens (tertiary/aromatic N) is 2. The molecule has 0 unspecified atom stereocenters. The average Bonchev–Trinajstić information content (AvgIpc) is 2.92. The van der Waals surface area contributed by atoms with E-state index in [0.29, 0.717) is 0 Å². The third-order valence-corrected chi connectivity index (χ3v) is 8.60. The second-order valence-corrected chi connectivity index (χ2v) is 14.5. The number of hydrogen-bond donors (Lipinski definition) is 0. The van der Waals surface area contributed by atoms with Crippen LogP contribution in [0.1, 0.15) is 206 Å². The van der Waals surface area contributed by atoms with Crippen molar-refractivity contribution in [3.8, 4) is 0 Å². The highest BCUT2D eigenvalue weighted by atomic mass is 16.5. The molecule has 0 rings (SSSR count). The maximum Gasteiger partial charge on any atom is 0.0779 e. The first-order valence-electron chi connectivity index (χ1n) is 19.2. The first-order valence-corrected chi connectivity index (χ1v) is 19.2. The number of quaternary nitrogens is 2. The number of hydrogen-bond acceptors (Lipinski definition) is 2. The lowest BCUT2D eigenvalue weighted by atomic mass is 10.0. The smallest absolute Gasteiger partial charge is 0.0779 e. The van der Waals surface area contributed by atoms with E-state index in [-0.39, 0.29) is 9.29 Å². The molecule has 0 amide bonds. The van der Waals surface area contributed by atoms with Crippen LogP contribution in [0.2, 0.25) is 0 Å². The van der Waals surface area contributed by atoms with Gasteiger partial charge in [0.05, 0.1) is 41.3 Å². The topological polar surface area (TPSA) is 46.1 Å². The van der Waals surface area contributed by atoms with Crippen molar-refractivity contribution < 1.29 is 9.29 Å². The highest BCUT2D eigenvalue weighted by molar-refractivity contribution is 4.51. The van der Waals surface area contributed by atoms with Gasteiger partial charge in [0.25, 0.3) is 0 Å². The lowest BCUT2D eigenvalue weighted by Crippen LogP contribution is -2.32. The van der Waals surface area contributed by atoms with Gasteiger partial charge < -0.3 is 19.7 Å². The van der Waals surface area contributed by atoms with Crippen LogP contribution in [0.4, 0.5) is 0 Å². The van der Waals surface area contributed by atoms with Crippen molar-refractivity contribution in [3.05, 3.63) is 10.4 Å². The Bertz CT molecular complexity index is 484. The van der Waals surface area contributed by atoms with Gasteiger partial charge in [0.1, 0.15) is 0 Å². The van der Waals surface area contributed by atoms with E-state index in [4.69, 9.17) is 0 Å². The van der Waals surface area contributed by atoms with Crippen molar-refractivity contribution in [3.63, 3.8) is 0 Å². The van der Waals surface area contributed by atoms with Gasteiger partial charge >= 0.3 is 0 Å². The zero-order valence-electron chi connectivity index (χ0n) is 30.3. The fourth-order valence-corrected chi connectivity index (χ4v) is 5.73. The molecule has 0 aromatic heterocycles. The van der Waals surface area contributed by atoms with E-state index in [2.05, 4.69) is 13.8 Å². The summed E-state index contributed by atoms with van der Waals surface area (Å²) in [4.78, 5) is 0. The molecule has 0 spiro atoms. The van der Waals surface area contributed by atoms with Gasteiger partial charge in [0.15, 0.2) is 0 Å². The zero-order chi connectivity index (χ0) is 31.6. The highest BCUT2D eigenvalue weighted by Gasteiger charge is 2.02. The van der Waals surface area contributed by atoms with Crippen molar-refractivity contribution in [2.75, 3.05) is 41.3 Å². The predicted octanol–water partition coefficient (Wildman–Crippen LogP) is 12.9. The minimum absolute atomic E-state index is 0.126. The summed E-state index contributed by atoms with van der Waals surface area (Å²) in [6.45, 7) is 6.11. The van der Waals surface area contributed by atoms with Crippen molar-refractivity contribution in [1.82, 2.24) is 0 Å². The van der Waals surface area contributed by atoms with E-state index in [1.165, 1.54) is 180 Å². The van der Waals surface area contributed by atoms with Crippen LogP contribution in [0.3, 0.4) is 0 Å². The van der Waals surface area contributed by atoms with Crippen LogP contribution in [-0.4, -0.2) is 50.6 Å². The Morgan fingerprint density at radius 2 is 0.405 bits per heavy atom. The molecule has 256 valence electrons. The highest BCUT2D eigenvalue weighted by Crippen LogP contribution is 2.15. The Kier molecular flexibility index (Phi) is 35.3. The summed E-state index contributed by atoms with van der Waals surface area (Å²) in [7, 11) is 6.96. The number of hydroxylamine groups is 6. The third-order valence-electron chi connectivity index (χ3n) is 8.60. The first-order chi connectivity index (χ1) is 20.1. The molecule has 0 atom stereocenters. The van der Waals surface area contributed by atoms with Gasteiger partial charge in [-0.3, -0.25) is 0 Å². The number of unbranched alkanes of at least 4 members (excludes halogenated alkanes) is 28. The van der Waals surface area contributed by atoms with Gasteiger partial charge in [-0.05, 0) is 25.7 Å². The molecule has 42 heavy (non-hydrogen) atoms. The van der Waals surface area contributed by atoms with Crippen molar-refractivity contribution in [2.45, 2.75) is 206 Å². The molecule has 0 saturated carbocycles. The van der Waals surface area contributed by atoms with E-state index in [1.807, 2.05) is 0 Å². The Morgan fingerprint density at radius 3 is 0.548 bits per heavy atom. The van der Waals surface area contributed by atoms with Crippen LogP contribution in [0.15, 0.2) is 0 Å². The maximum absolute atomic E-state index is 11.4. The van der Waals surface area contributed by atoms with E-state index < -0.39 is 0 Å². The monoisotopic (exact) mass is 599 g/mol. The molecule has 0 aliphatic heterocycles. The van der Waals surface area contributed by atoms with Crippen LogP contribution in [0.25, 0.3) is 0 Å². The van der Waals surface area contributed by atoms with Gasteiger partial charge in [-0.2, -0.15) is 0 Å². The Hall–Kier alpha value is -0.160. The molecular formula is C38H82N2O2. The minimum atomic E-state index is -0.127. The minimum Gasteiger partial charge on any atom is -0.633 e. The molecule has 4 nitrogen and oxygen atoms in total. The molecule has 0 bridgehead atoms. The summed E-state index contributed by atoms with van der Waals surface area (Å²) in [5, 5.41) is 22.7. The number of rotatable bonds is 32. The third kappa shape index (κ3) is 46.8. The fourth-order valence-electron chi connectivity index (χ4n) is 5.73. The van der Waals surface area contributed by atoms with Gasteiger partial charge in [0, 0.05) is 0 Å². The van der Waals surface area contributed by atoms with Crippen LogP contribution < -0.4 is 0 Å². The van der Waals surface area contributed by atoms with Crippen molar-refractivity contribution >= 4 is 0 Å². The van der Waals surface area contributed by atoms with Gasteiger partial charge in [0.2, 0.25) is 0 Å². The molecule has 0 aliphatic rings. The molecule has 4 heteroatoms. The van der Waals surface area contributed by atoms with Crippen LogP contribution in [0, 0.1) is 10.4 Å². The van der Waals surface area contributed by atoms with Crippen LogP contribution in [-0.2, 0) is 0 Å². The Balaban J connectivity index is 0. The standard InChI is InChI=1S/C20H43NO.C18H39NO/c1-4-5-6-7-8-9-10-11-12-13-14-15-16-17-18-19-20-21(2,3)22;1-4-5-6-7-8-9-10-11-12-13-14-15-16-17-18-19(2,3)20/h4-20H2,1-3H3;4-18H2,1-3H3. The second kappa shape index (κ2) is 33.7. The second-order valence-electron chi connectivity index (χ2n) is 14.5. The summed E-state index contributed by atoms with van der Waals surface area (Å²) < 4.78 is -0.253. The average molecular weight is 599 g/mol. The first kappa shape index (κ1) is 44.0. The lowest BCUT2D eigenvalue weighted by molar-refractivity contribution is -0.840. The largest absolute Gasteiger partial charge is 0.633 e. The molecular weight excluding hydrogens is 516 g/mol. The Morgan fingerprint density at radius 1 is 0.262 bits per heavy atom. The van der Waals surface area contributed by atoms with E-state index in [9.17, 15) is 10.4 Å². The maximum atomic E-state index is 11.4. The van der Waals surface area contributed by atoms with Crippen LogP contribution in [0.5, 0.6) is 0 Å². The summed E-state index contributed by atoms with van der Waals surface area (Å²) in [6, 6.07) is 0. The zero-order valence-corrected chi connectivity index (χ0v) is 30.3. The van der Waals surface area contributed by atoms with Gasteiger partial charge in [-0.25, -0.2) is 0 Å². The molecule has 0 saturated heterocycles. The van der Waals surface area contributed by atoms with Gasteiger partial charge in [-0.1, -0.05) is 181 Å². The molecule has 0 radical (unpaired) electrons. The van der Waals surface area contributed by atoms with Gasteiger partial charge in [-0.15, -0.1) is 0 Å². The molecule has 0 aromatic rings. The lowest BCUT2D eigenvalue weighted by Gasteiger charge is -2.33. The van der Waals surface area contributed by atoms with E-state index >= 15 is 0 Å². The molecule has 0 aliphatic carbocycles. The predicted molar refractivity (Wildman–Crippen MR) is 191 cm³/mol. The SMILES string of the molecule is CCCCCCCCCCCCCCCCCC[N+](C)(C)[O-].CCCCCCCCCCCCCCCC[N+](C)(C)[O-].